The largest absolute Gasteiger partial charge is 0.394 e. The molecule has 0 saturated carbocycles. The summed E-state index contributed by atoms with van der Waals surface area (Å²) < 4.78 is 38.5. The van der Waals surface area contributed by atoms with Crippen LogP contribution in [0.4, 0.5) is 4.79 Å². The van der Waals surface area contributed by atoms with Crippen LogP contribution in [0.2, 0.25) is 0 Å². The molecule has 12 N–H and O–H groups in total. The van der Waals surface area contributed by atoms with Crippen molar-refractivity contribution < 1.29 is 83.9 Å². The van der Waals surface area contributed by atoms with Crippen molar-refractivity contribution in [1.29, 1.82) is 0 Å². The van der Waals surface area contributed by atoms with Gasteiger partial charge in [0.25, 0.3) is 0 Å². The maximum Gasteiger partial charge on any atom is 0.315 e. The van der Waals surface area contributed by atoms with Crippen molar-refractivity contribution in [2.45, 2.75) is 117 Å². The second-order valence-corrected chi connectivity index (χ2v) is 15.2. The van der Waals surface area contributed by atoms with Gasteiger partial charge in [0.2, 0.25) is 0 Å². The van der Waals surface area contributed by atoms with Crippen LogP contribution in [0.25, 0.3) is 0 Å². The van der Waals surface area contributed by atoms with Crippen LogP contribution in [0, 0.1) is 0 Å². The molecule has 7 unspecified atom stereocenters. The standard InChI is InChI=1S/C32H57N3O17S2/c36-13-17(38)27-23(41)22(40)24(42)31(51-27)52-29-25(43)28(18(39)14-37)50-30(26(29)44)49-12-11-48-10-9-47-8-7-46-6-5-33-20(53)4-2-1-3-19-21-16(15-54-19)34-32(45)35-21/h16-19,21-31,36-44H,1-15H2,(H,33,53)(H2,34,35,45)/t16-,17-,18-,19?,21-,22?,23-,24?,25+,26?,27?,28?,29?,30-,31-/m0/s1. The molecule has 54 heavy (non-hydrogen) atoms. The number of aliphatic hydroxyl groups is 9. The first-order valence-corrected chi connectivity index (χ1v) is 19.7. The summed E-state index contributed by atoms with van der Waals surface area (Å²) in [5, 5.41) is 101. The molecule has 0 radical (unpaired) electrons. The SMILES string of the molecule is O=C1N[C@H]2CSC(CCCCC(=S)NCCOCCOCCOCCO[C@H]3OC([C@@H](O)CO)[C@@H](O)C(O[C@@H]4OC([C@@H](O)CO)[C@@H](O)C(O)C4O)C3O)[C@H]2N1. The summed E-state index contributed by atoms with van der Waals surface area (Å²) >= 11 is 7.33. The van der Waals surface area contributed by atoms with Crippen molar-refractivity contribution in [2.75, 3.05) is 71.8 Å². The molecule has 0 bridgehead atoms. The van der Waals surface area contributed by atoms with Crippen LogP contribution in [-0.4, -0.2) is 220 Å². The minimum Gasteiger partial charge on any atom is -0.394 e. The maximum absolute atomic E-state index is 11.5. The molecule has 20 nitrogen and oxygen atoms in total. The van der Waals surface area contributed by atoms with Gasteiger partial charge in [-0.1, -0.05) is 18.6 Å². The zero-order chi connectivity index (χ0) is 39.2. The van der Waals surface area contributed by atoms with E-state index in [2.05, 4.69) is 16.0 Å². The van der Waals surface area contributed by atoms with Crippen LogP contribution in [0.5, 0.6) is 0 Å². The number of amides is 2. The lowest BCUT2D eigenvalue weighted by atomic mass is 9.93. The average molecular weight is 820 g/mol. The van der Waals surface area contributed by atoms with Gasteiger partial charge in [0.05, 0.1) is 76.5 Å². The Bertz CT molecular complexity index is 1120. The average Bonchev–Trinajstić information content (AvgIpc) is 3.72. The summed E-state index contributed by atoms with van der Waals surface area (Å²) in [6.07, 6.45) is -16.8. The molecule has 22 heteroatoms. The van der Waals surface area contributed by atoms with Gasteiger partial charge in [0.1, 0.15) is 61.0 Å². The molecule has 4 fully saturated rings. The van der Waals surface area contributed by atoms with E-state index in [4.69, 9.17) is 45.4 Å². The van der Waals surface area contributed by atoms with Crippen molar-refractivity contribution >= 4 is 35.0 Å². The van der Waals surface area contributed by atoms with Crippen molar-refractivity contribution in [3.8, 4) is 0 Å². The van der Waals surface area contributed by atoms with Crippen molar-refractivity contribution in [1.82, 2.24) is 16.0 Å². The van der Waals surface area contributed by atoms with Gasteiger partial charge in [-0.25, -0.2) is 4.79 Å². The number of urea groups is 1. The van der Waals surface area contributed by atoms with Gasteiger partial charge in [-0.05, 0) is 19.3 Å². The predicted octanol–water partition coefficient (Wildman–Crippen LogP) is -4.96. The molecule has 4 heterocycles. The summed E-state index contributed by atoms with van der Waals surface area (Å²) in [5.41, 5.74) is 0. The van der Waals surface area contributed by atoms with Gasteiger partial charge in [0.15, 0.2) is 12.6 Å². The first-order valence-electron chi connectivity index (χ1n) is 18.2. The highest BCUT2D eigenvalue weighted by Gasteiger charge is 2.53. The highest BCUT2D eigenvalue weighted by molar-refractivity contribution is 8.00. The highest BCUT2D eigenvalue weighted by Crippen LogP contribution is 2.34. The lowest BCUT2D eigenvalue weighted by Gasteiger charge is -2.47. The van der Waals surface area contributed by atoms with Crippen LogP contribution in [0.3, 0.4) is 0 Å². The lowest BCUT2D eigenvalue weighted by molar-refractivity contribution is -0.368. The second-order valence-electron chi connectivity index (χ2n) is 13.4. The number of unbranched alkanes of at least 4 members (excludes halogenated alkanes) is 1. The van der Waals surface area contributed by atoms with Gasteiger partial charge in [-0.15, -0.1) is 0 Å². The molecule has 0 aromatic carbocycles. The van der Waals surface area contributed by atoms with Gasteiger partial charge < -0.3 is 95.1 Å². The van der Waals surface area contributed by atoms with E-state index in [-0.39, 0.29) is 44.5 Å². The minimum atomic E-state index is -1.91. The van der Waals surface area contributed by atoms with Crippen LogP contribution < -0.4 is 16.0 Å². The molecular weight excluding hydrogens is 762 g/mol. The van der Waals surface area contributed by atoms with E-state index in [1.165, 1.54) is 0 Å². The number of rotatable bonds is 24. The molecule has 15 atom stereocenters. The number of hydrogen-bond acceptors (Lipinski definition) is 19. The molecule has 314 valence electrons. The van der Waals surface area contributed by atoms with Gasteiger partial charge >= 0.3 is 6.03 Å². The third kappa shape index (κ3) is 12.9. The highest BCUT2D eigenvalue weighted by atomic mass is 32.2. The third-order valence-electron chi connectivity index (χ3n) is 9.51. The topological polar surface area (TPSA) is 300 Å². The lowest BCUT2D eigenvalue weighted by Crippen LogP contribution is -2.66. The van der Waals surface area contributed by atoms with Gasteiger partial charge in [0, 0.05) is 17.5 Å². The van der Waals surface area contributed by atoms with E-state index in [9.17, 15) is 50.8 Å². The van der Waals surface area contributed by atoms with Crippen LogP contribution >= 0.6 is 24.0 Å². The number of aliphatic hydroxyl groups excluding tert-OH is 9. The van der Waals surface area contributed by atoms with E-state index >= 15 is 0 Å². The molecule has 0 aliphatic carbocycles. The maximum atomic E-state index is 11.5. The summed E-state index contributed by atoms with van der Waals surface area (Å²) in [7, 11) is 0. The molecular formula is C32H57N3O17S2. The van der Waals surface area contributed by atoms with Crippen molar-refractivity contribution in [2.24, 2.45) is 0 Å². The van der Waals surface area contributed by atoms with Crippen molar-refractivity contribution in [3.05, 3.63) is 0 Å². The molecule has 4 rings (SSSR count). The monoisotopic (exact) mass is 819 g/mol. The Labute approximate surface area is 322 Å². The van der Waals surface area contributed by atoms with Crippen molar-refractivity contribution in [3.63, 3.8) is 0 Å². The van der Waals surface area contributed by atoms with Gasteiger partial charge in [-0.2, -0.15) is 11.8 Å². The Hall–Kier alpha value is -1.13. The Kier molecular flexibility index (Phi) is 19.7. The molecule has 4 saturated heterocycles. The normalized spacial score (nSPS) is 36.3. The number of carbonyl (C=O) groups excluding carboxylic acids is 1. The molecule has 4 aliphatic heterocycles. The Morgan fingerprint density at radius 1 is 0.796 bits per heavy atom. The Morgan fingerprint density at radius 2 is 1.41 bits per heavy atom. The van der Waals surface area contributed by atoms with E-state index in [0.717, 1.165) is 36.4 Å². The molecule has 0 spiro atoms. The first-order chi connectivity index (χ1) is 26.0. The number of fused-ring (bicyclic) bond motifs is 1. The fourth-order valence-corrected chi connectivity index (χ4v) is 8.32. The summed E-state index contributed by atoms with van der Waals surface area (Å²) in [6, 6.07) is 0.398. The summed E-state index contributed by atoms with van der Waals surface area (Å²) in [4.78, 5) is 12.3. The van der Waals surface area contributed by atoms with Gasteiger partial charge in [-0.3, -0.25) is 0 Å². The molecule has 4 aliphatic rings. The zero-order valence-corrected chi connectivity index (χ0v) is 31.5. The Morgan fingerprint density at radius 3 is 2.07 bits per heavy atom. The van der Waals surface area contributed by atoms with E-state index in [0.29, 0.717) is 31.6 Å². The number of thiocarbonyl (C=S) groups is 1. The number of hydrogen-bond donors (Lipinski definition) is 12. The number of carbonyl (C=O) groups is 1. The fourth-order valence-electron chi connectivity index (χ4n) is 6.53. The van der Waals surface area contributed by atoms with Crippen LogP contribution in [0.15, 0.2) is 0 Å². The minimum absolute atomic E-state index is 0.0325. The second kappa shape index (κ2) is 23.3. The predicted molar refractivity (Wildman–Crippen MR) is 191 cm³/mol. The van der Waals surface area contributed by atoms with E-state index in [1.54, 1.807) is 0 Å². The molecule has 2 amide bonds. The van der Waals surface area contributed by atoms with Crippen LogP contribution in [0.1, 0.15) is 25.7 Å². The summed E-state index contributed by atoms with van der Waals surface area (Å²) in [6.45, 7) is 0.466. The van der Waals surface area contributed by atoms with Crippen LogP contribution in [-0.2, 0) is 33.2 Å². The van der Waals surface area contributed by atoms with E-state index in [1.807, 2.05) is 11.8 Å². The quantitative estimate of drug-likeness (QED) is 0.0247. The summed E-state index contributed by atoms with van der Waals surface area (Å²) in [5.74, 6) is 0.956. The van der Waals surface area contributed by atoms with E-state index < -0.39 is 86.8 Å². The molecule has 0 aromatic rings. The number of ether oxygens (including phenoxy) is 7. The third-order valence-corrected chi connectivity index (χ3v) is 11.4. The Balaban J connectivity index is 1.03. The number of nitrogens with one attached hydrogen (secondary N) is 3. The fraction of sp³-hybridized carbons (Fsp3) is 0.938. The zero-order valence-electron chi connectivity index (χ0n) is 29.9. The number of thioether (sulfide) groups is 1. The first kappa shape index (κ1) is 45.6. The molecule has 0 aromatic heterocycles. The smallest absolute Gasteiger partial charge is 0.315 e.